The highest BCUT2D eigenvalue weighted by molar-refractivity contribution is 5.40. The standard InChI is InChI=1S/C11H16/c1-4-10-8-6-7-9(3)11(10)5-2/h4H,1,3,5-8H2,2H3. The predicted octanol–water partition coefficient (Wildman–Crippen LogP) is 3.62. The lowest BCUT2D eigenvalue weighted by Gasteiger charge is -2.19. The molecule has 0 aromatic rings. The van der Waals surface area contributed by atoms with Crippen molar-refractivity contribution in [3.63, 3.8) is 0 Å². The van der Waals surface area contributed by atoms with E-state index >= 15 is 0 Å². The molecule has 60 valence electrons. The Morgan fingerprint density at radius 1 is 1.45 bits per heavy atom. The zero-order valence-electron chi connectivity index (χ0n) is 7.32. The molecule has 0 heteroatoms. The molecule has 0 unspecified atom stereocenters. The predicted molar refractivity (Wildman–Crippen MR) is 50.5 cm³/mol. The van der Waals surface area contributed by atoms with E-state index in [4.69, 9.17) is 0 Å². The molecule has 1 aliphatic carbocycles. The second kappa shape index (κ2) is 3.56. The number of allylic oxidation sites excluding steroid dienone is 4. The van der Waals surface area contributed by atoms with E-state index < -0.39 is 0 Å². The van der Waals surface area contributed by atoms with Crippen molar-refractivity contribution in [1.82, 2.24) is 0 Å². The smallest absolute Gasteiger partial charge is 0.0273 e. The third-order valence-corrected chi connectivity index (χ3v) is 2.34. The molecule has 0 aliphatic heterocycles. The first kappa shape index (κ1) is 8.32. The Morgan fingerprint density at radius 3 is 2.64 bits per heavy atom. The SMILES string of the molecule is C=CC1=C(CC)C(=C)CCC1. The first-order valence-corrected chi connectivity index (χ1v) is 4.32. The maximum absolute atomic E-state index is 4.06. The van der Waals surface area contributed by atoms with Gasteiger partial charge in [-0.05, 0) is 36.8 Å². The Morgan fingerprint density at radius 2 is 2.18 bits per heavy atom. The lowest BCUT2D eigenvalue weighted by atomic mass is 9.87. The van der Waals surface area contributed by atoms with Crippen molar-refractivity contribution in [1.29, 1.82) is 0 Å². The van der Waals surface area contributed by atoms with Gasteiger partial charge < -0.3 is 0 Å². The molecule has 0 N–H and O–H groups in total. The lowest BCUT2D eigenvalue weighted by Crippen LogP contribution is -1.99. The fourth-order valence-electron chi connectivity index (χ4n) is 1.72. The molecule has 0 amide bonds. The molecule has 0 saturated carbocycles. The largest absolute Gasteiger partial charge is 0.0988 e. The summed E-state index contributed by atoms with van der Waals surface area (Å²) >= 11 is 0. The minimum absolute atomic E-state index is 1.11. The average Bonchev–Trinajstić information content (AvgIpc) is 2.04. The first-order valence-electron chi connectivity index (χ1n) is 4.32. The molecule has 0 atom stereocenters. The fourth-order valence-corrected chi connectivity index (χ4v) is 1.72. The third-order valence-electron chi connectivity index (χ3n) is 2.34. The van der Waals surface area contributed by atoms with Gasteiger partial charge in [-0.15, -0.1) is 0 Å². The number of hydrogen-bond donors (Lipinski definition) is 0. The lowest BCUT2D eigenvalue weighted by molar-refractivity contribution is 0.764. The van der Waals surface area contributed by atoms with Crippen LogP contribution in [0.4, 0.5) is 0 Å². The van der Waals surface area contributed by atoms with Crippen LogP contribution in [0.5, 0.6) is 0 Å². The summed E-state index contributed by atoms with van der Waals surface area (Å²) in [6, 6.07) is 0. The summed E-state index contributed by atoms with van der Waals surface area (Å²) in [6.07, 6.45) is 6.74. The average molecular weight is 148 g/mol. The fraction of sp³-hybridized carbons (Fsp3) is 0.455. The van der Waals surface area contributed by atoms with E-state index in [-0.39, 0.29) is 0 Å². The molecule has 0 saturated heterocycles. The Balaban J connectivity index is 2.94. The maximum Gasteiger partial charge on any atom is -0.0273 e. The summed E-state index contributed by atoms with van der Waals surface area (Å²) < 4.78 is 0. The van der Waals surface area contributed by atoms with Crippen molar-refractivity contribution < 1.29 is 0 Å². The van der Waals surface area contributed by atoms with Crippen LogP contribution in [0.3, 0.4) is 0 Å². The van der Waals surface area contributed by atoms with Gasteiger partial charge in [0.15, 0.2) is 0 Å². The summed E-state index contributed by atoms with van der Waals surface area (Å²) in [4.78, 5) is 0. The van der Waals surface area contributed by atoms with E-state index in [9.17, 15) is 0 Å². The van der Waals surface area contributed by atoms with Gasteiger partial charge in [0.05, 0.1) is 0 Å². The highest BCUT2D eigenvalue weighted by Gasteiger charge is 2.11. The van der Waals surface area contributed by atoms with Crippen molar-refractivity contribution in [3.8, 4) is 0 Å². The summed E-state index contributed by atoms with van der Waals surface area (Å²) in [5, 5.41) is 0. The van der Waals surface area contributed by atoms with Crippen LogP contribution in [-0.4, -0.2) is 0 Å². The normalized spacial score (nSPS) is 18.8. The van der Waals surface area contributed by atoms with Gasteiger partial charge in [0.25, 0.3) is 0 Å². The Labute approximate surface area is 69.3 Å². The monoisotopic (exact) mass is 148 g/mol. The molecule has 1 aliphatic rings. The Bertz CT molecular complexity index is 206. The van der Waals surface area contributed by atoms with Crippen molar-refractivity contribution >= 4 is 0 Å². The van der Waals surface area contributed by atoms with Gasteiger partial charge in [0.1, 0.15) is 0 Å². The van der Waals surface area contributed by atoms with Crippen LogP contribution in [0, 0.1) is 0 Å². The Kier molecular flexibility index (Phi) is 2.70. The van der Waals surface area contributed by atoms with E-state index in [1.54, 1.807) is 0 Å². The van der Waals surface area contributed by atoms with Crippen LogP contribution in [0.15, 0.2) is 36.0 Å². The van der Waals surface area contributed by atoms with Crippen molar-refractivity contribution in [2.45, 2.75) is 32.6 Å². The molecule has 0 fully saturated rings. The minimum atomic E-state index is 1.11. The summed E-state index contributed by atoms with van der Waals surface area (Å²) in [6.45, 7) is 10.1. The zero-order valence-corrected chi connectivity index (χ0v) is 7.32. The molecule has 0 heterocycles. The molecule has 0 aromatic heterocycles. The second-order valence-electron chi connectivity index (χ2n) is 3.02. The van der Waals surface area contributed by atoms with Gasteiger partial charge in [0.2, 0.25) is 0 Å². The van der Waals surface area contributed by atoms with E-state index in [1.165, 1.54) is 36.0 Å². The summed E-state index contributed by atoms with van der Waals surface area (Å²) in [5.41, 5.74) is 4.20. The topological polar surface area (TPSA) is 0 Å². The van der Waals surface area contributed by atoms with Gasteiger partial charge in [-0.1, -0.05) is 31.7 Å². The first-order chi connectivity index (χ1) is 5.29. The second-order valence-corrected chi connectivity index (χ2v) is 3.02. The van der Waals surface area contributed by atoms with Gasteiger partial charge >= 0.3 is 0 Å². The number of hydrogen-bond acceptors (Lipinski definition) is 0. The van der Waals surface area contributed by atoms with Crippen LogP contribution >= 0.6 is 0 Å². The highest BCUT2D eigenvalue weighted by atomic mass is 14.2. The molecular weight excluding hydrogens is 132 g/mol. The van der Waals surface area contributed by atoms with Crippen LogP contribution < -0.4 is 0 Å². The quantitative estimate of drug-likeness (QED) is 0.561. The van der Waals surface area contributed by atoms with Crippen LogP contribution in [-0.2, 0) is 0 Å². The van der Waals surface area contributed by atoms with Gasteiger partial charge in [0, 0.05) is 0 Å². The van der Waals surface area contributed by atoms with Crippen molar-refractivity contribution in [2.75, 3.05) is 0 Å². The van der Waals surface area contributed by atoms with E-state index in [2.05, 4.69) is 20.1 Å². The number of rotatable bonds is 2. The van der Waals surface area contributed by atoms with Gasteiger partial charge in [-0.3, -0.25) is 0 Å². The van der Waals surface area contributed by atoms with E-state index in [0.717, 1.165) is 6.42 Å². The Hall–Kier alpha value is -0.780. The van der Waals surface area contributed by atoms with Crippen LogP contribution in [0.25, 0.3) is 0 Å². The van der Waals surface area contributed by atoms with E-state index in [1.807, 2.05) is 6.08 Å². The zero-order chi connectivity index (χ0) is 8.27. The van der Waals surface area contributed by atoms with Gasteiger partial charge in [-0.2, -0.15) is 0 Å². The van der Waals surface area contributed by atoms with Crippen molar-refractivity contribution in [3.05, 3.63) is 36.0 Å². The highest BCUT2D eigenvalue weighted by Crippen LogP contribution is 2.30. The molecule has 0 radical (unpaired) electrons. The molecule has 11 heavy (non-hydrogen) atoms. The molecule has 0 aromatic carbocycles. The molecule has 0 bridgehead atoms. The molecule has 0 spiro atoms. The third kappa shape index (κ3) is 1.62. The maximum atomic E-state index is 4.06. The van der Waals surface area contributed by atoms with E-state index in [0.29, 0.717) is 0 Å². The summed E-state index contributed by atoms with van der Waals surface area (Å²) in [5.74, 6) is 0. The molecular formula is C11H16. The minimum Gasteiger partial charge on any atom is -0.0988 e. The molecule has 1 rings (SSSR count). The van der Waals surface area contributed by atoms with Crippen molar-refractivity contribution in [2.24, 2.45) is 0 Å². The van der Waals surface area contributed by atoms with Gasteiger partial charge in [-0.25, -0.2) is 0 Å². The summed E-state index contributed by atoms with van der Waals surface area (Å²) in [7, 11) is 0. The molecule has 0 nitrogen and oxygen atoms in total. The van der Waals surface area contributed by atoms with Crippen LogP contribution in [0.1, 0.15) is 32.6 Å². The van der Waals surface area contributed by atoms with Crippen LogP contribution in [0.2, 0.25) is 0 Å².